The summed E-state index contributed by atoms with van der Waals surface area (Å²) >= 11 is 0. The second-order valence-corrected chi connectivity index (χ2v) is 79.6. The summed E-state index contributed by atoms with van der Waals surface area (Å²) in [6.07, 6.45) is 0. The molecule has 398 valence electrons. The summed E-state index contributed by atoms with van der Waals surface area (Å²) in [5.41, 5.74) is 11.4. The van der Waals surface area contributed by atoms with Gasteiger partial charge in [-0.3, -0.25) is 0 Å². The van der Waals surface area contributed by atoms with Crippen molar-refractivity contribution in [3.63, 3.8) is 0 Å². The minimum atomic E-state index is -3.41. The van der Waals surface area contributed by atoms with Crippen molar-refractivity contribution in [2.75, 3.05) is 0 Å². The maximum absolute atomic E-state index is 3.41. The molecular formula is C57H105Cl3Si10Ti. The minimum absolute atomic E-state index is 0. The van der Waals surface area contributed by atoms with E-state index < -0.39 is 80.7 Å². The number of benzene rings is 3. The Morgan fingerprint density at radius 2 is 0.408 bits per heavy atom. The van der Waals surface area contributed by atoms with Crippen LogP contribution in [0, 0.1) is 48.5 Å². The van der Waals surface area contributed by atoms with Gasteiger partial charge in [0.15, 0.2) is 0 Å². The zero-order valence-electron chi connectivity index (χ0n) is 52.4. The molecule has 0 amide bonds. The van der Waals surface area contributed by atoms with Gasteiger partial charge in [-0.05, 0) is 20.8 Å². The van der Waals surface area contributed by atoms with Gasteiger partial charge in [-0.2, -0.15) is 22.3 Å². The first-order chi connectivity index (χ1) is 29.4. The maximum Gasteiger partial charge on any atom is 4.00 e. The maximum atomic E-state index is 2.96. The van der Waals surface area contributed by atoms with Crippen molar-refractivity contribution in [1.29, 1.82) is 0 Å². The minimum Gasteiger partial charge on any atom is -1.00 e. The van der Waals surface area contributed by atoms with Crippen LogP contribution < -0.4 is 105 Å². The molecule has 0 saturated carbocycles. The SMILES string of the molecule is Cc1c([Si](C)(C)C)cc([Si](C)(C)C)c([Si](c2c([Si](C)(C)C)cc([Si](C)(C)C)c(C)c2[Si](C)(C)C)(c2c([Si](C)(C)C)cc([Si](C)(C)C)c(C)c2[Si](C)(C)C)[c-]2c(C)c(C)c(C)c2C)c1[Si](C)(C)C.[Cl-].[Cl-].[Cl-].[Ti+4]. The fourth-order valence-electron chi connectivity index (χ4n) is 13.0. The van der Waals surface area contributed by atoms with Gasteiger partial charge in [-0.25, -0.2) is 0 Å². The molecule has 0 N–H and O–H groups in total. The number of hydrogen-bond acceptors (Lipinski definition) is 0. The van der Waals surface area contributed by atoms with Crippen LogP contribution in [-0.4, -0.2) is 80.7 Å². The standard InChI is InChI=1S/C57H105Si10.3ClH.Ti/c1-38-39(2)41(4)51(40(38)3)67(55-48(61(17,18)19)35-45(58(8,9)10)42(5)52(55)64(26,27)28,56-49(62(20,21)22)36-46(59(11,12)13)43(6)53(56)65(29,30)31)57-50(63(23,24)25)37-47(60(14,15)16)44(7)54(57)66(32,33)34;;;;/h35-37H,1-34H3;3*1H;/q-1;;;;+4/p-3. The fraction of sp³-hybridized carbons (Fsp3) is 0.596. The van der Waals surface area contributed by atoms with Crippen LogP contribution in [0.25, 0.3) is 0 Å². The average Bonchev–Trinajstić information content (AvgIpc) is 3.25. The molecule has 71 heavy (non-hydrogen) atoms. The molecule has 4 aromatic rings. The van der Waals surface area contributed by atoms with Gasteiger partial charge in [0.2, 0.25) is 0 Å². The molecule has 0 unspecified atom stereocenters. The van der Waals surface area contributed by atoms with Crippen molar-refractivity contribution in [2.45, 2.75) is 225 Å². The molecule has 0 aliphatic rings. The first kappa shape index (κ1) is 71.8. The molecular weight excluding hydrogens is 1120 g/mol. The quantitative estimate of drug-likeness (QED) is 0.106. The van der Waals surface area contributed by atoms with Crippen molar-refractivity contribution in [1.82, 2.24) is 0 Å². The van der Waals surface area contributed by atoms with Crippen LogP contribution in [0.1, 0.15) is 38.9 Å². The van der Waals surface area contributed by atoms with E-state index in [4.69, 9.17) is 0 Å². The van der Waals surface area contributed by atoms with Crippen LogP contribution in [0.15, 0.2) is 18.2 Å². The summed E-state index contributed by atoms with van der Waals surface area (Å²) in [5, 5.41) is 23.8. The van der Waals surface area contributed by atoms with E-state index in [0.29, 0.717) is 0 Å². The molecule has 0 bridgehead atoms. The Hall–Kier alpha value is 0.763. The molecule has 0 spiro atoms. The Kier molecular flexibility index (Phi) is 22.7. The largest absolute Gasteiger partial charge is 4.00 e. The Bertz CT molecular complexity index is 2330. The first-order valence-electron chi connectivity index (χ1n) is 26.2. The average molecular weight is 1230 g/mol. The van der Waals surface area contributed by atoms with Gasteiger partial charge in [0, 0.05) is 0 Å². The number of hydrogen-bond donors (Lipinski definition) is 0. The van der Waals surface area contributed by atoms with E-state index in [1.165, 1.54) is 0 Å². The van der Waals surface area contributed by atoms with E-state index in [1.807, 2.05) is 46.7 Å². The van der Waals surface area contributed by atoms with Crippen molar-refractivity contribution in [2.24, 2.45) is 0 Å². The molecule has 0 nitrogen and oxygen atoms in total. The van der Waals surface area contributed by atoms with Crippen LogP contribution in [0.2, 0.25) is 177 Å². The zero-order chi connectivity index (χ0) is 52.7. The third kappa shape index (κ3) is 13.3. The number of halogens is 3. The topological polar surface area (TPSA) is 0 Å². The van der Waals surface area contributed by atoms with Crippen LogP contribution in [0.4, 0.5) is 0 Å². The molecule has 4 aromatic carbocycles. The van der Waals surface area contributed by atoms with Crippen LogP contribution in [0.3, 0.4) is 0 Å². The van der Waals surface area contributed by atoms with Gasteiger partial charge in [0.1, 0.15) is 8.07 Å². The Labute approximate surface area is 484 Å². The Morgan fingerprint density at radius 1 is 0.239 bits per heavy atom. The van der Waals surface area contributed by atoms with Crippen molar-refractivity contribution < 1.29 is 58.9 Å². The van der Waals surface area contributed by atoms with Crippen LogP contribution in [0.5, 0.6) is 0 Å². The molecule has 0 aliphatic heterocycles. The van der Waals surface area contributed by atoms with Gasteiger partial charge in [-0.15, -0.1) is 5.19 Å². The Morgan fingerprint density at radius 3 is 0.549 bits per heavy atom. The molecule has 0 saturated heterocycles. The van der Waals surface area contributed by atoms with E-state index in [9.17, 15) is 0 Å². The normalized spacial score (nSPS) is 13.6. The molecule has 0 atom stereocenters. The molecule has 0 heterocycles. The van der Waals surface area contributed by atoms with Crippen molar-refractivity contribution in [3.05, 3.63) is 57.1 Å². The Balaban J connectivity index is 0.0000122. The van der Waals surface area contributed by atoms with Crippen molar-refractivity contribution >= 4 is 148 Å². The summed E-state index contributed by atoms with van der Waals surface area (Å²) < 4.78 is 0. The first-order valence-corrected chi connectivity index (χ1v) is 59.7. The summed E-state index contributed by atoms with van der Waals surface area (Å²) in [5.74, 6) is 0. The second kappa shape index (κ2) is 22.5. The van der Waals surface area contributed by atoms with Gasteiger partial charge in [-0.1, -0.05) is 302 Å². The third-order valence-electron chi connectivity index (χ3n) is 15.8. The second-order valence-electron chi connectivity index (χ2n) is 30.9. The monoisotopic (exact) mass is 1220 g/mol. The number of rotatable bonds is 13. The van der Waals surface area contributed by atoms with Gasteiger partial charge in [0.05, 0.1) is 72.7 Å². The summed E-state index contributed by atoms with van der Waals surface area (Å²) in [7, 11) is -21.4. The van der Waals surface area contributed by atoms with E-state index in [1.54, 1.807) is 59.7 Å². The molecule has 14 heteroatoms. The van der Waals surface area contributed by atoms with E-state index in [0.717, 1.165) is 0 Å². The molecule has 0 fully saturated rings. The summed E-state index contributed by atoms with van der Waals surface area (Å²) in [4.78, 5) is 0. The molecule has 0 aliphatic carbocycles. The molecule has 4 rings (SSSR count). The smallest absolute Gasteiger partial charge is 1.00 e. The van der Waals surface area contributed by atoms with Crippen LogP contribution >= 0.6 is 0 Å². The van der Waals surface area contributed by atoms with E-state index in [2.05, 4.69) is 243 Å². The van der Waals surface area contributed by atoms with E-state index in [-0.39, 0.29) is 58.9 Å². The van der Waals surface area contributed by atoms with Gasteiger partial charge < -0.3 is 37.2 Å². The molecule has 0 aromatic heterocycles. The third-order valence-corrected chi connectivity index (χ3v) is 41.4. The predicted molar refractivity (Wildman–Crippen MR) is 346 cm³/mol. The van der Waals surface area contributed by atoms with E-state index >= 15 is 0 Å². The van der Waals surface area contributed by atoms with Crippen molar-refractivity contribution in [3.8, 4) is 0 Å². The molecule has 0 radical (unpaired) electrons. The van der Waals surface area contributed by atoms with Crippen LogP contribution in [-0.2, 0) is 21.7 Å². The summed E-state index contributed by atoms with van der Waals surface area (Å²) in [6, 6.07) is 8.87. The summed E-state index contributed by atoms with van der Waals surface area (Å²) in [6.45, 7) is 91.7. The fourth-order valence-corrected chi connectivity index (χ4v) is 46.7. The van der Waals surface area contributed by atoms with Gasteiger partial charge >= 0.3 is 21.7 Å². The zero-order valence-corrected chi connectivity index (χ0v) is 66.2. The predicted octanol–water partition coefficient (Wildman–Crippen LogP) is 0.858. The van der Waals surface area contributed by atoms with Gasteiger partial charge in [0.25, 0.3) is 0 Å².